The van der Waals surface area contributed by atoms with Gasteiger partial charge in [0.15, 0.2) is 0 Å². The van der Waals surface area contributed by atoms with Gasteiger partial charge in [-0.3, -0.25) is 0 Å². The van der Waals surface area contributed by atoms with Crippen LogP contribution in [0.15, 0.2) is 12.3 Å². The van der Waals surface area contributed by atoms with Crippen molar-refractivity contribution in [3.63, 3.8) is 0 Å². The van der Waals surface area contributed by atoms with E-state index in [0.29, 0.717) is 6.67 Å². The van der Waals surface area contributed by atoms with Crippen LogP contribution in [0, 0.1) is 0 Å². The summed E-state index contributed by atoms with van der Waals surface area (Å²) in [6.07, 6.45) is 8.98. The minimum Gasteiger partial charge on any atom is -0.365 e. The highest BCUT2D eigenvalue weighted by Crippen LogP contribution is 1.97. The molecule has 0 aromatic rings. The van der Waals surface area contributed by atoms with Crippen LogP contribution in [0.25, 0.3) is 0 Å². The van der Waals surface area contributed by atoms with Crippen LogP contribution in [0.3, 0.4) is 0 Å². The lowest BCUT2D eigenvalue weighted by atomic mass is 10.3. The molecule has 0 bridgehead atoms. The van der Waals surface area contributed by atoms with Crippen LogP contribution in [-0.2, 0) is 0 Å². The van der Waals surface area contributed by atoms with Gasteiger partial charge in [0.25, 0.3) is 0 Å². The lowest BCUT2D eigenvalue weighted by Crippen LogP contribution is -2.25. The molecule has 2 N–H and O–H groups in total. The summed E-state index contributed by atoms with van der Waals surface area (Å²) in [6, 6.07) is 0. The van der Waals surface area contributed by atoms with Gasteiger partial charge < -0.3 is 10.6 Å². The maximum absolute atomic E-state index is 5.59. The molecule has 0 radical (unpaired) electrons. The Hall–Kier alpha value is -0.150. The summed E-state index contributed by atoms with van der Waals surface area (Å²) >= 11 is 4.15. The molecule has 0 amide bonds. The summed E-state index contributed by atoms with van der Waals surface area (Å²) in [6.45, 7) is 3.89. The Morgan fingerprint density at radius 1 is 1.38 bits per heavy atom. The highest BCUT2D eigenvalue weighted by molar-refractivity contribution is 7.80. The average molecular weight is 202 g/mol. The van der Waals surface area contributed by atoms with Crippen molar-refractivity contribution in [3.8, 4) is 0 Å². The third kappa shape index (κ3) is 8.19. The van der Waals surface area contributed by atoms with E-state index in [1.807, 2.05) is 0 Å². The standard InChI is InChI=1S/C10H22N2S/c1-2-3-7-12(10-11)8-5-4-6-9-13/h5,8,13H,2-4,6-7,9-11H2,1H3/b8-5-. The van der Waals surface area contributed by atoms with Gasteiger partial charge in [-0.25, -0.2) is 0 Å². The highest BCUT2D eigenvalue weighted by atomic mass is 32.1. The zero-order chi connectivity index (χ0) is 9.94. The van der Waals surface area contributed by atoms with Crippen LogP contribution in [0.2, 0.25) is 0 Å². The fraction of sp³-hybridized carbons (Fsp3) is 0.800. The zero-order valence-electron chi connectivity index (χ0n) is 8.58. The number of nitrogens with two attached hydrogens (primary N) is 1. The monoisotopic (exact) mass is 202 g/mol. The molecule has 0 unspecified atom stereocenters. The largest absolute Gasteiger partial charge is 0.365 e. The molecule has 0 saturated heterocycles. The second kappa shape index (κ2) is 9.93. The Kier molecular flexibility index (Phi) is 9.82. The summed E-state index contributed by atoms with van der Waals surface area (Å²) in [5.41, 5.74) is 5.59. The topological polar surface area (TPSA) is 29.3 Å². The Morgan fingerprint density at radius 2 is 2.15 bits per heavy atom. The molecular formula is C10H22N2S. The number of allylic oxidation sites excluding steroid dienone is 1. The lowest BCUT2D eigenvalue weighted by Gasteiger charge is -2.16. The fourth-order valence-corrected chi connectivity index (χ4v) is 1.20. The molecule has 0 heterocycles. The van der Waals surface area contributed by atoms with Crippen LogP contribution < -0.4 is 5.73 Å². The number of hydrogen-bond donors (Lipinski definition) is 2. The van der Waals surface area contributed by atoms with E-state index in [4.69, 9.17) is 5.73 Å². The van der Waals surface area contributed by atoms with Crippen molar-refractivity contribution < 1.29 is 0 Å². The quantitative estimate of drug-likeness (QED) is 0.359. The Bertz CT molecular complexity index is 126. The molecule has 0 aromatic carbocycles. The van der Waals surface area contributed by atoms with Crippen molar-refractivity contribution in [3.05, 3.63) is 12.3 Å². The second-order valence-electron chi connectivity index (χ2n) is 3.10. The van der Waals surface area contributed by atoms with Crippen molar-refractivity contribution >= 4 is 12.6 Å². The molecule has 0 aliphatic carbocycles. The Morgan fingerprint density at radius 3 is 2.69 bits per heavy atom. The molecule has 0 aliphatic rings. The summed E-state index contributed by atoms with van der Waals surface area (Å²) in [5.74, 6) is 0.960. The van der Waals surface area contributed by atoms with Gasteiger partial charge in [0.1, 0.15) is 0 Å². The summed E-state index contributed by atoms with van der Waals surface area (Å²) in [5, 5.41) is 0. The molecule has 78 valence electrons. The van der Waals surface area contributed by atoms with Crippen LogP contribution in [0.4, 0.5) is 0 Å². The first-order chi connectivity index (χ1) is 6.35. The van der Waals surface area contributed by atoms with E-state index in [1.165, 1.54) is 12.8 Å². The molecule has 0 fully saturated rings. The summed E-state index contributed by atoms with van der Waals surface area (Å²) < 4.78 is 0. The third-order valence-electron chi connectivity index (χ3n) is 1.88. The van der Waals surface area contributed by atoms with Crippen molar-refractivity contribution in [2.45, 2.75) is 32.6 Å². The van der Waals surface area contributed by atoms with E-state index in [1.54, 1.807) is 0 Å². The summed E-state index contributed by atoms with van der Waals surface area (Å²) in [7, 11) is 0. The van der Waals surface area contributed by atoms with E-state index in [2.05, 4.69) is 36.7 Å². The van der Waals surface area contributed by atoms with Crippen LogP contribution in [-0.4, -0.2) is 23.9 Å². The molecule has 0 rings (SSSR count). The Balaban J connectivity index is 3.50. The van der Waals surface area contributed by atoms with E-state index >= 15 is 0 Å². The van der Waals surface area contributed by atoms with Gasteiger partial charge in [-0.1, -0.05) is 19.4 Å². The zero-order valence-corrected chi connectivity index (χ0v) is 9.47. The van der Waals surface area contributed by atoms with Gasteiger partial charge in [-0.05, 0) is 31.2 Å². The minimum atomic E-state index is 0.622. The van der Waals surface area contributed by atoms with Crippen molar-refractivity contribution in [2.75, 3.05) is 19.0 Å². The molecule has 2 nitrogen and oxygen atoms in total. The van der Waals surface area contributed by atoms with Crippen molar-refractivity contribution in [2.24, 2.45) is 5.73 Å². The molecule has 3 heteroatoms. The van der Waals surface area contributed by atoms with E-state index in [0.717, 1.165) is 25.1 Å². The van der Waals surface area contributed by atoms with Gasteiger partial charge in [0, 0.05) is 6.54 Å². The van der Waals surface area contributed by atoms with E-state index in [9.17, 15) is 0 Å². The average Bonchev–Trinajstić information content (AvgIpc) is 2.17. The molecular weight excluding hydrogens is 180 g/mol. The predicted molar refractivity (Wildman–Crippen MR) is 62.9 cm³/mol. The van der Waals surface area contributed by atoms with Gasteiger partial charge in [-0.2, -0.15) is 12.6 Å². The van der Waals surface area contributed by atoms with Gasteiger partial charge >= 0.3 is 0 Å². The first kappa shape index (κ1) is 12.8. The number of rotatable bonds is 8. The van der Waals surface area contributed by atoms with Gasteiger partial charge in [0.2, 0.25) is 0 Å². The minimum absolute atomic E-state index is 0.622. The van der Waals surface area contributed by atoms with Gasteiger partial charge in [0.05, 0.1) is 6.67 Å². The SMILES string of the molecule is CCCCN(/C=C\CCCS)CN. The number of thiol groups is 1. The van der Waals surface area contributed by atoms with Crippen LogP contribution >= 0.6 is 12.6 Å². The normalized spacial score (nSPS) is 11.0. The smallest absolute Gasteiger partial charge is 0.0651 e. The first-order valence-electron chi connectivity index (χ1n) is 5.06. The molecule has 0 spiro atoms. The lowest BCUT2D eigenvalue weighted by molar-refractivity contribution is 0.377. The van der Waals surface area contributed by atoms with Crippen LogP contribution in [0.5, 0.6) is 0 Å². The highest BCUT2D eigenvalue weighted by Gasteiger charge is 1.93. The molecule has 0 saturated carbocycles. The molecule has 13 heavy (non-hydrogen) atoms. The van der Waals surface area contributed by atoms with Crippen LogP contribution in [0.1, 0.15) is 32.6 Å². The number of hydrogen-bond acceptors (Lipinski definition) is 3. The summed E-state index contributed by atoms with van der Waals surface area (Å²) in [4.78, 5) is 2.15. The Labute approximate surface area is 87.6 Å². The number of nitrogens with zero attached hydrogens (tertiary/aromatic N) is 1. The first-order valence-corrected chi connectivity index (χ1v) is 5.70. The predicted octanol–water partition coefficient (Wildman–Crippen LogP) is 2.23. The van der Waals surface area contributed by atoms with E-state index < -0.39 is 0 Å². The van der Waals surface area contributed by atoms with Crippen molar-refractivity contribution in [1.29, 1.82) is 0 Å². The number of unbranched alkanes of at least 4 members (excludes halogenated alkanes) is 2. The molecule has 0 aromatic heterocycles. The maximum Gasteiger partial charge on any atom is 0.0651 e. The van der Waals surface area contributed by atoms with Crippen molar-refractivity contribution in [1.82, 2.24) is 4.90 Å². The second-order valence-corrected chi connectivity index (χ2v) is 3.55. The molecule has 0 atom stereocenters. The maximum atomic E-state index is 5.59. The van der Waals surface area contributed by atoms with E-state index in [-0.39, 0.29) is 0 Å². The third-order valence-corrected chi connectivity index (χ3v) is 2.19. The van der Waals surface area contributed by atoms with Gasteiger partial charge in [-0.15, -0.1) is 0 Å². The fourth-order valence-electron chi connectivity index (χ4n) is 1.02. The molecule has 0 aliphatic heterocycles.